The van der Waals surface area contributed by atoms with Gasteiger partial charge in [0.2, 0.25) is 0 Å². The number of hydrogen-bond donors (Lipinski definition) is 2. The molecule has 2 atom stereocenters. The number of fused-ring (bicyclic) bond motifs is 2. The van der Waals surface area contributed by atoms with E-state index in [1.807, 2.05) is 0 Å². The topological polar surface area (TPSA) is 87.7 Å². The SMILES string of the molecule is COC(=O)CCN(C)S(=O)(=O)NC1CC2CCC(C1)N2. The summed E-state index contributed by atoms with van der Waals surface area (Å²) in [5.74, 6) is -0.410. The van der Waals surface area contributed by atoms with E-state index in [-0.39, 0.29) is 19.0 Å². The fourth-order valence-electron chi connectivity index (χ4n) is 2.93. The molecule has 2 rings (SSSR count). The van der Waals surface area contributed by atoms with Crippen molar-refractivity contribution in [2.45, 2.75) is 50.2 Å². The van der Waals surface area contributed by atoms with Crippen LogP contribution >= 0.6 is 0 Å². The first kappa shape index (κ1) is 15.7. The minimum Gasteiger partial charge on any atom is -0.469 e. The average molecular weight is 305 g/mol. The highest BCUT2D eigenvalue weighted by Crippen LogP contribution is 2.27. The van der Waals surface area contributed by atoms with E-state index in [1.165, 1.54) is 18.5 Å². The molecule has 20 heavy (non-hydrogen) atoms. The Balaban J connectivity index is 1.85. The maximum Gasteiger partial charge on any atom is 0.306 e. The van der Waals surface area contributed by atoms with Gasteiger partial charge in [-0.3, -0.25) is 4.79 Å². The van der Waals surface area contributed by atoms with Crippen LogP contribution in [0.25, 0.3) is 0 Å². The summed E-state index contributed by atoms with van der Waals surface area (Å²) in [7, 11) is -0.770. The molecule has 2 fully saturated rings. The highest BCUT2D eigenvalue weighted by molar-refractivity contribution is 7.87. The number of esters is 1. The van der Waals surface area contributed by atoms with E-state index in [9.17, 15) is 13.2 Å². The zero-order chi connectivity index (χ0) is 14.8. The van der Waals surface area contributed by atoms with E-state index in [1.54, 1.807) is 0 Å². The van der Waals surface area contributed by atoms with E-state index >= 15 is 0 Å². The predicted octanol–water partition coefficient (Wildman–Crippen LogP) is -0.401. The predicted molar refractivity (Wildman–Crippen MR) is 74.3 cm³/mol. The molecule has 2 heterocycles. The summed E-state index contributed by atoms with van der Waals surface area (Å²) in [4.78, 5) is 11.1. The zero-order valence-corrected chi connectivity index (χ0v) is 12.8. The molecule has 0 amide bonds. The highest BCUT2D eigenvalue weighted by atomic mass is 32.2. The summed E-state index contributed by atoms with van der Waals surface area (Å²) >= 11 is 0. The van der Waals surface area contributed by atoms with Crippen molar-refractivity contribution in [1.29, 1.82) is 0 Å². The molecule has 116 valence electrons. The van der Waals surface area contributed by atoms with E-state index < -0.39 is 16.2 Å². The molecule has 0 radical (unpaired) electrons. The van der Waals surface area contributed by atoms with Gasteiger partial charge in [-0.15, -0.1) is 0 Å². The van der Waals surface area contributed by atoms with Crippen molar-refractivity contribution in [2.24, 2.45) is 0 Å². The quantitative estimate of drug-likeness (QED) is 0.652. The Bertz CT molecular complexity index is 442. The van der Waals surface area contributed by atoms with Crippen LogP contribution in [0.5, 0.6) is 0 Å². The zero-order valence-electron chi connectivity index (χ0n) is 12.0. The molecule has 7 nitrogen and oxygen atoms in total. The first-order chi connectivity index (χ1) is 9.40. The van der Waals surface area contributed by atoms with Crippen LogP contribution in [0.4, 0.5) is 0 Å². The van der Waals surface area contributed by atoms with Crippen molar-refractivity contribution in [1.82, 2.24) is 14.3 Å². The molecule has 2 aliphatic rings. The van der Waals surface area contributed by atoms with Gasteiger partial charge in [0.25, 0.3) is 10.2 Å². The van der Waals surface area contributed by atoms with Crippen LogP contribution in [0.15, 0.2) is 0 Å². The van der Waals surface area contributed by atoms with Gasteiger partial charge in [0.1, 0.15) is 0 Å². The number of piperidine rings is 1. The second-order valence-corrected chi connectivity index (χ2v) is 7.39. The van der Waals surface area contributed by atoms with E-state index in [2.05, 4.69) is 14.8 Å². The molecule has 0 aliphatic carbocycles. The third kappa shape index (κ3) is 3.91. The van der Waals surface area contributed by atoms with Crippen molar-refractivity contribution in [3.63, 3.8) is 0 Å². The van der Waals surface area contributed by atoms with Crippen molar-refractivity contribution in [3.05, 3.63) is 0 Å². The molecule has 0 aromatic carbocycles. The summed E-state index contributed by atoms with van der Waals surface area (Å²) in [6, 6.07) is 0.850. The first-order valence-electron chi connectivity index (χ1n) is 6.97. The maximum absolute atomic E-state index is 12.2. The first-order valence-corrected chi connectivity index (χ1v) is 8.41. The molecule has 2 N–H and O–H groups in total. The lowest BCUT2D eigenvalue weighted by Crippen LogP contribution is -2.51. The summed E-state index contributed by atoms with van der Waals surface area (Å²) in [6.45, 7) is 0.125. The molecule has 2 aliphatic heterocycles. The molecule has 0 aromatic heterocycles. The van der Waals surface area contributed by atoms with Crippen molar-refractivity contribution in [3.8, 4) is 0 Å². The van der Waals surface area contributed by atoms with Gasteiger partial charge < -0.3 is 10.1 Å². The van der Waals surface area contributed by atoms with Gasteiger partial charge in [0, 0.05) is 31.7 Å². The number of carbonyl (C=O) groups excluding carboxylic acids is 1. The van der Waals surface area contributed by atoms with E-state index in [0.717, 1.165) is 25.7 Å². The molecule has 0 saturated carbocycles. The van der Waals surface area contributed by atoms with Crippen LogP contribution in [0, 0.1) is 0 Å². The van der Waals surface area contributed by atoms with Gasteiger partial charge in [0.05, 0.1) is 13.5 Å². The van der Waals surface area contributed by atoms with E-state index in [0.29, 0.717) is 12.1 Å². The second kappa shape index (κ2) is 6.38. The van der Waals surface area contributed by atoms with Crippen molar-refractivity contribution >= 4 is 16.2 Å². The van der Waals surface area contributed by atoms with Gasteiger partial charge in [0.15, 0.2) is 0 Å². The van der Waals surface area contributed by atoms with Gasteiger partial charge >= 0.3 is 5.97 Å². The largest absolute Gasteiger partial charge is 0.469 e. The Morgan fingerprint density at radius 1 is 1.35 bits per heavy atom. The van der Waals surface area contributed by atoms with Crippen LogP contribution < -0.4 is 10.0 Å². The fourth-order valence-corrected chi connectivity index (χ4v) is 4.05. The summed E-state index contributed by atoms with van der Waals surface area (Å²) in [5.41, 5.74) is 0. The third-order valence-electron chi connectivity index (χ3n) is 4.06. The smallest absolute Gasteiger partial charge is 0.306 e. The molecule has 2 unspecified atom stereocenters. The molecular formula is C12H23N3O4S. The minimum atomic E-state index is -3.54. The number of hydrogen-bond acceptors (Lipinski definition) is 5. The lowest BCUT2D eigenvalue weighted by molar-refractivity contribution is -0.140. The molecule has 0 aromatic rings. The van der Waals surface area contributed by atoms with Crippen LogP contribution in [0.2, 0.25) is 0 Å². The maximum atomic E-state index is 12.2. The van der Waals surface area contributed by atoms with Crippen LogP contribution in [0.1, 0.15) is 32.1 Å². The van der Waals surface area contributed by atoms with Crippen LogP contribution in [-0.2, 0) is 19.7 Å². The molecule has 2 saturated heterocycles. The Morgan fingerprint density at radius 3 is 2.50 bits per heavy atom. The third-order valence-corrected chi connectivity index (χ3v) is 5.69. The number of carbonyl (C=O) groups is 1. The van der Waals surface area contributed by atoms with Gasteiger partial charge in [-0.2, -0.15) is 17.4 Å². The number of methoxy groups -OCH3 is 1. The normalized spacial score (nSPS) is 29.6. The Morgan fingerprint density at radius 2 is 1.95 bits per heavy atom. The standard InChI is InChI=1S/C12H23N3O4S/c1-15(6-5-12(16)19-2)20(17,18)14-11-7-9-3-4-10(8-11)13-9/h9-11,13-14H,3-8H2,1-2H3. The Kier molecular flexibility index (Phi) is 5.00. The number of nitrogens with one attached hydrogen (secondary N) is 2. The molecule has 0 spiro atoms. The lowest BCUT2D eigenvalue weighted by Gasteiger charge is -2.30. The van der Waals surface area contributed by atoms with E-state index in [4.69, 9.17) is 0 Å². The summed E-state index contributed by atoms with van der Waals surface area (Å²) in [5, 5.41) is 3.47. The Labute approximate surface area is 120 Å². The van der Waals surface area contributed by atoms with Gasteiger partial charge in [-0.25, -0.2) is 0 Å². The molecule has 2 bridgehead atoms. The Hall–Kier alpha value is -0.700. The summed E-state index contributed by atoms with van der Waals surface area (Å²) < 4.78 is 32.8. The monoisotopic (exact) mass is 305 g/mol. The second-order valence-electron chi connectivity index (χ2n) is 5.58. The number of rotatable bonds is 6. The highest BCUT2D eigenvalue weighted by Gasteiger charge is 2.35. The lowest BCUT2D eigenvalue weighted by atomic mass is 10.0. The molecular weight excluding hydrogens is 282 g/mol. The minimum absolute atomic E-state index is 0.0145. The molecule has 8 heteroatoms. The van der Waals surface area contributed by atoms with Crippen LogP contribution in [-0.4, -0.2) is 57.5 Å². The van der Waals surface area contributed by atoms with Gasteiger partial charge in [-0.1, -0.05) is 0 Å². The average Bonchev–Trinajstić information content (AvgIpc) is 2.74. The van der Waals surface area contributed by atoms with Crippen molar-refractivity contribution in [2.75, 3.05) is 20.7 Å². The summed E-state index contributed by atoms with van der Waals surface area (Å²) in [6.07, 6.45) is 3.98. The number of ether oxygens (including phenoxy) is 1. The number of nitrogens with zero attached hydrogens (tertiary/aromatic N) is 1. The van der Waals surface area contributed by atoms with Gasteiger partial charge in [-0.05, 0) is 25.7 Å². The fraction of sp³-hybridized carbons (Fsp3) is 0.917. The van der Waals surface area contributed by atoms with Crippen LogP contribution in [0.3, 0.4) is 0 Å². The van der Waals surface area contributed by atoms with Crippen molar-refractivity contribution < 1.29 is 17.9 Å².